The summed E-state index contributed by atoms with van der Waals surface area (Å²) < 4.78 is 49.9. The van der Waals surface area contributed by atoms with Crippen molar-refractivity contribution in [3.63, 3.8) is 0 Å². The summed E-state index contributed by atoms with van der Waals surface area (Å²) in [7, 11) is -1.33. The fourth-order valence-electron chi connectivity index (χ4n) is 4.36. The minimum atomic E-state index is -4.18. The van der Waals surface area contributed by atoms with Crippen molar-refractivity contribution in [1.29, 1.82) is 0 Å². The van der Waals surface area contributed by atoms with E-state index < -0.39 is 22.5 Å². The largest absolute Gasteiger partial charge is 0.493 e. The van der Waals surface area contributed by atoms with Gasteiger partial charge in [-0.2, -0.15) is 5.10 Å². The first-order valence-corrected chi connectivity index (χ1v) is 15.4. The highest BCUT2D eigenvalue weighted by atomic mass is 32.2. The van der Waals surface area contributed by atoms with Gasteiger partial charge in [-0.15, -0.1) is 0 Å². The van der Waals surface area contributed by atoms with Crippen molar-refractivity contribution in [3.05, 3.63) is 77.9 Å². The molecule has 234 valence electrons. The molecule has 13 heteroatoms. The number of ether oxygens (including phenoxy) is 4. The molecule has 0 bridgehead atoms. The van der Waals surface area contributed by atoms with Crippen LogP contribution in [0.25, 0.3) is 0 Å². The zero-order valence-electron chi connectivity index (χ0n) is 24.8. The van der Waals surface area contributed by atoms with E-state index >= 15 is 0 Å². The number of nitrogens with zero attached hydrogens (tertiary/aromatic N) is 2. The van der Waals surface area contributed by atoms with Gasteiger partial charge in [-0.25, -0.2) is 13.8 Å². The minimum absolute atomic E-state index is 0.0608. The number of rotatable bonds is 14. The van der Waals surface area contributed by atoms with E-state index in [2.05, 4.69) is 15.8 Å². The van der Waals surface area contributed by atoms with E-state index in [1.54, 1.807) is 48.5 Å². The SMILES string of the molecule is COc1ccc(S(=O)(=O)N(CC(=O)N/N=C/c2ccc(OCC(=O)NCC3CCCO3)cc2)c2ccc(C)cc2)cc1OC. The Morgan fingerprint density at radius 1 is 1.00 bits per heavy atom. The molecule has 2 N–H and O–H groups in total. The van der Waals surface area contributed by atoms with E-state index in [0.29, 0.717) is 29.3 Å². The first-order chi connectivity index (χ1) is 21.2. The predicted octanol–water partition coefficient (Wildman–Crippen LogP) is 3.03. The lowest BCUT2D eigenvalue weighted by atomic mass is 10.2. The normalized spacial score (nSPS) is 14.7. The van der Waals surface area contributed by atoms with Crippen LogP contribution >= 0.6 is 0 Å². The molecule has 3 aromatic rings. The zero-order valence-corrected chi connectivity index (χ0v) is 25.6. The summed E-state index contributed by atoms with van der Waals surface area (Å²) in [5.74, 6) is 0.213. The second-order valence-corrected chi connectivity index (χ2v) is 11.8. The number of nitrogens with one attached hydrogen (secondary N) is 2. The van der Waals surface area contributed by atoms with Gasteiger partial charge in [0, 0.05) is 19.2 Å². The fraction of sp³-hybridized carbons (Fsp3) is 0.323. The molecule has 1 unspecified atom stereocenters. The predicted molar refractivity (Wildman–Crippen MR) is 165 cm³/mol. The third kappa shape index (κ3) is 8.71. The number of sulfonamides is 1. The van der Waals surface area contributed by atoms with E-state index in [1.165, 1.54) is 38.6 Å². The molecule has 44 heavy (non-hydrogen) atoms. The maximum atomic E-state index is 13.7. The van der Waals surface area contributed by atoms with E-state index in [1.807, 2.05) is 6.92 Å². The van der Waals surface area contributed by atoms with Gasteiger partial charge in [-0.3, -0.25) is 13.9 Å². The van der Waals surface area contributed by atoms with Gasteiger partial charge in [0.05, 0.1) is 37.1 Å². The van der Waals surface area contributed by atoms with Gasteiger partial charge < -0.3 is 24.3 Å². The monoisotopic (exact) mass is 624 g/mol. The molecule has 0 radical (unpaired) electrons. The first-order valence-electron chi connectivity index (χ1n) is 13.9. The van der Waals surface area contributed by atoms with Crippen molar-refractivity contribution in [2.24, 2.45) is 5.10 Å². The summed E-state index contributed by atoms with van der Waals surface area (Å²) in [5, 5.41) is 6.77. The molecule has 0 spiro atoms. The number of benzene rings is 3. The Bertz CT molecular complexity index is 1550. The Hall–Kier alpha value is -4.62. The molecular weight excluding hydrogens is 588 g/mol. The van der Waals surface area contributed by atoms with Crippen LogP contribution in [0.1, 0.15) is 24.0 Å². The van der Waals surface area contributed by atoms with Crippen molar-refractivity contribution < 1.29 is 37.0 Å². The molecule has 0 aliphatic carbocycles. The molecule has 1 heterocycles. The van der Waals surface area contributed by atoms with Gasteiger partial charge >= 0.3 is 0 Å². The van der Waals surface area contributed by atoms with Crippen molar-refractivity contribution >= 4 is 33.7 Å². The number of carbonyl (C=O) groups is 2. The van der Waals surface area contributed by atoms with Crippen LogP contribution in [0.15, 0.2) is 76.7 Å². The number of aryl methyl sites for hydroxylation is 1. The van der Waals surface area contributed by atoms with Gasteiger partial charge in [-0.05, 0) is 73.9 Å². The van der Waals surface area contributed by atoms with Crippen molar-refractivity contribution in [2.45, 2.75) is 30.8 Å². The summed E-state index contributed by atoms with van der Waals surface area (Å²) in [6.45, 7) is 2.42. The Balaban J connectivity index is 1.36. The number of carbonyl (C=O) groups excluding carboxylic acids is 2. The van der Waals surface area contributed by atoms with Gasteiger partial charge in [0.15, 0.2) is 18.1 Å². The molecular formula is C31H36N4O8S. The second-order valence-electron chi connectivity index (χ2n) is 9.95. The molecule has 0 saturated carbocycles. The molecule has 1 fully saturated rings. The number of hydrogen-bond donors (Lipinski definition) is 2. The highest BCUT2D eigenvalue weighted by molar-refractivity contribution is 7.92. The van der Waals surface area contributed by atoms with Crippen molar-refractivity contribution in [2.75, 3.05) is 44.8 Å². The first kappa shape index (κ1) is 32.3. The van der Waals surface area contributed by atoms with Gasteiger partial charge in [0.25, 0.3) is 21.8 Å². The maximum absolute atomic E-state index is 13.7. The number of hydrazone groups is 1. The highest BCUT2D eigenvalue weighted by Crippen LogP contribution is 2.32. The third-order valence-electron chi connectivity index (χ3n) is 6.76. The Labute approximate surface area is 257 Å². The maximum Gasteiger partial charge on any atom is 0.264 e. The molecule has 1 aliphatic heterocycles. The minimum Gasteiger partial charge on any atom is -0.493 e. The summed E-state index contributed by atoms with van der Waals surface area (Å²) in [5.41, 5.74) is 4.27. The average molecular weight is 625 g/mol. The van der Waals surface area contributed by atoms with Crippen LogP contribution in [0.4, 0.5) is 5.69 Å². The van der Waals surface area contributed by atoms with E-state index in [-0.39, 0.29) is 29.3 Å². The number of methoxy groups -OCH3 is 2. The van der Waals surface area contributed by atoms with E-state index in [4.69, 9.17) is 18.9 Å². The van der Waals surface area contributed by atoms with Crippen LogP contribution in [-0.4, -0.2) is 73.1 Å². The van der Waals surface area contributed by atoms with E-state index in [0.717, 1.165) is 29.3 Å². The van der Waals surface area contributed by atoms with Crippen LogP contribution in [0.2, 0.25) is 0 Å². The lowest BCUT2D eigenvalue weighted by molar-refractivity contribution is -0.123. The smallest absolute Gasteiger partial charge is 0.264 e. The fourth-order valence-corrected chi connectivity index (χ4v) is 5.79. The van der Waals surface area contributed by atoms with Crippen LogP contribution < -0.4 is 29.3 Å². The van der Waals surface area contributed by atoms with Crippen LogP contribution in [0.5, 0.6) is 17.2 Å². The molecule has 4 rings (SSSR count). The lowest BCUT2D eigenvalue weighted by Crippen LogP contribution is -2.39. The molecule has 0 aromatic heterocycles. The Morgan fingerprint density at radius 2 is 1.73 bits per heavy atom. The Kier molecular flexibility index (Phi) is 11.2. The van der Waals surface area contributed by atoms with Crippen LogP contribution in [-0.2, 0) is 24.3 Å². The molecule has 1 atom stereocenters. The van der Waals surface area contributed by atoms with Crippen LogP contribution in [0.3, 0.4) is 0 Å². The molecule has 1 saturated heterocycles. The third-order valence-corrected chi connectivity index (χ3v) is 8.53. The van der Waals surface area contributed by atoms with Gasteiger partial charge in [-0.1, -0.05) is 17.7 Å². The molecule has 2 amide bonds. The van der Waals surface area contributed by atoms with Gasteiger partial charge in [0.2, 0.25) is 0 Å². The van der Waals surface area contributed by atoms with Gasteiger partial charge in [0.1, 0.15) is 12.3 Å². The standard InChI is InChI=1S/C31H36N4O8S/c1-22-6-10-24(11-7-22)35(44(38,39)27-14-15-28(40-2)29(17-27)41-3)20-30(36)34-33-18-23-8-12-25(13-9-23)43-21-31(37)32-19-26-5-4-16-42-26/h6-15,17-18,26H,4-5,16,19-21H2,1-3H3,(H,32,37)(H,34,36)/b33-18+. The summed E-state index contributed by atoms with van der Waals surface area (Å²) in [6, 6.07) is 17.7. The lowest BCUT2D eigenvalue weighted by Gasteiger charge is -2.24. The summed E-state index contributed by atoms with van der Waals surface area (Å²) in [4.78, 5) is 24.8. The number of amides is 2. The summed E-state index contributed by atoms with van der Waals surface area (Å²) in [6.07, 6.45) is 3.42. The molecule has 12 nitrogen and oxygen atoms in total. The Morgan fingerprint density at radius 3 is 2.39 bits per heavy atom. The van der Waals surface area contributed by atoms with Crippen LogP contribution in [0, 0.1) is 6.92 Å². The van der Waals surface area contributed by atoms with Crippen molar-refractivity contribution in [3.8, 4) is 17.2 Å². The average Bonchev–Trinajstić information content (AvgIpc) is 3.56. The van der Waals surface area contributed by atoms with E-state index in [9.17, 15) is 18.0 Å². The second kappa shape index (κ2) is 15.2. The quantitative estimate of drug-likeness (QED) is 0.206. The number of anilines is 1. The summed E-state index contributed by atoms with van der Waals surface area (Å²) >= 11 is 0. The highest BCUT2D eigenvalue weighted by Gasteiger charge is 2.28. The number of hydrogen-bond acceptors (Lipinski definition) is 9. The molecule has 3 aromatic carbocycles. The zero-order chi connectivity index (χ0) is 31.5. The molecule has 1 aliphatic rings. The topological polar surface area (TPSA) is 145 Å². The van der Waals surface area contributed by atoms with Crippen molar-refractivity contribution in [1.82, 2.24) is 10.7 Å².